The van der Waals surface area contributed by atoms with Gasteiger partial charge in [-0.1, -0.05) is 13.3 Å². The highest BCUT2D eigenvalue weighted by atomic mass is 16.2. The molecule has 0 aliphatic carbocycles. The second-order valence-electron chi connectivity index (χ2n) is 6.09. The molecule has 0 aromatic heterocycles. The van der Waals surface area contributed by atoms with Gasteiger partial charge in [-0.2, -0.15) is 0 Å². The molecule has 1 amide bonds. The van der Waals surface area contributed by atoms with Crippen molar-refractivity contribution in [3.63, 3.8) is 0 Å². The molecule has 2 fully saturated rings. The van der Waals surface area contributed by atoms with E-state index in [2.05, 4.69) is 22.5 Å². The normalized spacial score (nSPS) is 28.9. The lowest BCUT2D eigenvalue weighted by molar-refractivity contribution is -0.123. The van der Waals surface area contributed by atoms with Gasteiger partial charge in [0, 0.05) is 18.6 Å². The van der Waals surface area contributed by atoms with Gasteiger partial charge in [0.2, 0.25) is 5.91 Å². The van der Waals surface area contributed by atoms with E-state index in [1.807, 2.05) is 6.92 Å². The minimum atomic E-state index is -0.0604. The van der Waals surface area contributed by atoms with Crippen molar-refractivity contribution in [3.05, 3.63) is 0 Å². The van der Waals surface area contributed by atoms with Crippen LogP contribution in [0.15, 0.2) is 0 Å². The summed E-state index contributed by atoms with van der Waals surface area (Å²) in [5.41, 5.74) is 0. The van der Waals surface area contributed by atoms with Gasteiger partial charge in [0.05, 0.1) is 6.04 Å². The third kappa shape index (κ3) is 4.18. The number of amides is 1. The predicted molar refractivity (Wildman–Crippen MR) is 78.1 cm³/mol. The highest BCUT2D eigenvalue weighted by Gasteiger charge is 2.32. The lowest BCUT2D eigenvalue weighted by Crippen LogP contribution is -2.52. The largest absolute Gasteiger partial charge is 0.355 e. The first-order valence-electron chi connectivity index (χ1n) is 7.98. The van der Waals surface area contributed by atoms with Crippen molar-refractivity contribution in [2.45, 2.75) is 70.5 Å². The summed E-state index contributed by atoms with van der Waals surface area (Å²) in [6.45, 7) is 7.42. The standard InChI is InChI=1S/C15H29N3O/c1-3-4-8-16-15(19)12(2)17-13-7-10-18-9-5-6-14(18)11-13/h12-14,17H,3-11H2,1-2H3,(H,16,19). The van der Waals surface area contributed by atoms with Crippen molar-refractivity contribution >= 4 is 5.91 Å². The van der Waals surface area contributed by atoms with Gasteiger partial charge in [-0.15, -0.1) is 0 Å². The summed E-state index contributed by atoms with van der Waals surface area (Å²) in [5.74, 6) is 0.155. The third-order valence-electron chi connectivity index (χ3n) is 4.53. The lowest BCUT2D eigenvalue weighted by Gasteiger charge is -2.36. The Labute approximate surface area is 117 Å². The first-order valence-corrected chi connectivity index (χ1v) is 7.98. The van der Waals surface area contributed by atoms with Crippen molar-refractivity contribution in [2.24, 2.45) is 0 Å². The Hall–Kier alpha value is -0.610. The maximum absolute atomic E-state index is 11.9. The monoisotopic (exact) mass is 267 g/mol. The van der Waals surface area contributed by atoms with E-state index in [1.54, 1.807) is 0 Å². The number of hydrogen-bond acceptors (Lipinski definition) is 3. The first-order chi connectivity index (χ1) is 9.20. The molecule has 2 saturated heterocycles. The van der Waals surface area contributed by atoms with Crippen LogP contribution in [0.25, 0.3) is 0 Å². The molecule has 0 radical (unpaired) electrons. The number of piperidine rings is 1. The van der Waals surface area contributed by atoms with Crippen LogP contribution in [-0.2, 0) is 4.79 Å². The summed E-state index contributed by atoms with van der Waals surface area (Å²) in [4.78, 5) is 14.6. The Kier molecular flexibility index (Phi) is 5.64. The van der Waals surface area contributed by atoms with E-state index >= 15 is 0 Å². The molecular weight excluding hydrogens is 238 g/mol. The molecule has 110 valence electrons. The zero-order valence-corrected chi connectivity index (χ0v) is 12.5. The van der Waals surface area contributed by atoms with Crippen LogP contribution in [0.2, 0.25) is 0 Å². The fourth-order valence-corrected chi connectivity index (χ4v) is 3.35. The molecule has 0 saturated carbocycles. The highest BCUT2D eigenvalue weighted by Crippen LogP contribution is 2.26. The zero-order valence-electron chi connectivity index (χ0n) is 12.5. The number of nitrogens with zero attached hydrogens (tertiary/aromatic N) is 1. The fourth-order valence-electron chi connectivity index (χ4n) is 3.35. The zero-order chi connectivity index (χ0) is 13.7. The SMILES string of the molecule is CCCCNC(=O)C(C)NC1CCN2CCCC2C1. The summed E-state index contributed by atoms with van der Waals surface area (Å²) in [6.07, 6.45) is 7.29. The maximum atomic E-state index is 11.9. The summed E-state index contributed by atoms with van der Waals surface area (Å²) >= 11 is 0. The van der Waals surface area contributed by atoms with Crippen LogP contribution in [-0.4, -0.2) is 48.6 Å². The van der Waals surface area contributed by atoms with Crippen molar-refractivity contribution < 1.29 is 4.79 Å². The van der Waals surface area contributed by atoms with E-state index in [1.165, 1.54) is 38.8 Å². The molecule has 2 aliphatic heterocycles. The molecule has 2 aliphatic rings. The molecule has 4 nitrogen and oxygen atoms in total. The van der Waals surface area contributed by atoms with E-state index in [9.17, 15) is 4.79 Å². The molecule has 4 heteroatoms. The number of hydrogen-bond donors (Lipinski definition) is 2. The van der Waals surface area contributed by atoms with Gasteiger partial charge >= 0.3 is 0 Å². The van der Waals surface area contributed by atoms with Crippen molar-refractivity contribution in [3.8, 4) is 0 Å². The summed E-state index contributed by atoms with van der Waals surface area (Å²) < 4.78 is 0. The molecule has 3 unspecified atom stereocenters. The quantitative estimate of drug-likeness (QED) is 0.717. The van der Waals surface area contributed by atoms with Crippen molar-refractivity contribution in [1.82, 2.24) is 15.5 Å². The second-order valence-corrected chi connectivity index (χ2v) is 6.09. The average Bonchev–Trinajstić information content (AvgIpc) is 2.86. The predicted octanol–water partition coefficient (Wildman–Crippen LogP) is 1.51. The Morgan fingerprint density at radius 3 is 3.00 bits per heavy atom. The number of carbonyl (C=O) groups excluding carboxylic acids is 1. The van der Waals surface area contributed by atoms with Crippen molar-refractivity contribution in [1.29, 1.82) is 0 Å². The van der Waals surface area contributed by atoms with Gasteiger partial charge in [-0.05, 0) is 52.1 Å². The number of fused-ring (bicyclic) bond motifs is 1. The van der Waals surface area contributed by atoms with Crippen LogP contribution in [0.3, 0.4) is 0 Å². The lowest BCUT2D eigenvalue weighted by atomic mass is 9.97. The van der Waals surface area contributed by atoms with E-state index in [4.69, 9.17) is 0 Å². The molecule has 2 rings (SSSR count). The molecule has 0 aromatic carbocycles. The van der Waals surface area contributed by atoms with Gasteiger partial charge < -0.3 is 15.5 Å². The Balaban J connectivity index is 1.69. The Morgan fingerprint density at radius 2 is 2.21 bits per heavy atom. The molecule has 3 atom stereocenters. The topological polar surface area (TPSA) is 44.4 Å². The molecule has 19 heavy (non-hydrogen) atoms. The van der Waals surface area contributed by atoms with Gasteiger partial charge in [0.25, 0.3) is 0 Å². The number of unbranched alkanes of at least 4 members (excludes halogenated alkanes) is 1. The van der Waals surface area contributed by atoms with Gasteiger partial charge in [-0.3, -0.25) is 4.79 Å². The molecule has 0 bridgehead atoms. The van der Waals surface area contributed by atoms with Gasteiger partial charge in [0.1, 0.15) is 0 Å². The van der Waals surface area contributed by atoms with E-state index in [0.29, 0.717) is 6.04 Å². The van der Waals surface area contributed by atoms with Crippen LogP contribution in [0.5, 0.6) is 0 Å². The van der Waals surface area contributed by atoms with Crippen LogP contribution < -0.4 is 10.6 Å². The summed E-state index contributed by atoms with van der Waals surface area (Å²) in [5, 5.41) is 6.53. The number of rotatable bonds is 6. The minimum Gasteiger partial charge on any atom is -0.355 e. The smallest absolute Gasteiger partial charge is 0.236 e. The Bertz CT molecular complexity index is 295. The molecular formula is C15H29N3O. The van der Waals surface area contributed by atoms with Crippen molar-refractivity contribution in [2.75, 3.05) is 19.6 Å². The van der Waals surface area contributed by atoms with Crippen LogP contribution >= 0.6 is 0 Å². The summed E-state index contributed by atoms with van der Waals surface area (Å²) in [6, 6.07) is 1.22. The van der Waals surface area contributed by atoms with Crippen LogP contribution in [0.1, 0.15) is 52.4 Å². The molecule has 2 N–H and O–H groups in total. The minimum absolute atomic E-state index is 0.0604. The van der Waals surface area contributed by atoms with E-state index < -0.39 is 0 Å². The van der Waals surface area contributed by atoms with E-state index in [0.717, 1.165) is 25.4 Å². The highest BCUT2D eigenvalue weighted by molar-refractivity contribution is 5.81. The third-order valence-corrected chi connectivity index (χ3v) is 4.53. The molecule has 0 aromatic rings. The second kappa shape index (κ2) is 7.25. The van der Waals surface area contributed by atoms with Crippen LogP contribution in [0, 0.1) is 0 Å². The van der Waals surface area contributed by atoms with Gasteiger partial charge in [0.15, 0.2) is 0 Å². The maximum Gasteiger partial charge on any atom is 0.236 e. The number of nitrogens with one attached hydrogen (secondary N) is 2. The molecule has 2 heterocycles. The Morgan fingerprint density at radius 1 is 1.37 bits per heavy atom. The fraction of sp³-hybridized carbons (Fsp3) is 0.933. The average molecular weight is 267 g/mol. The number of carbonyl (C=O) groups is 1. The van der Waals surface area contributed by atoms with Gasteiger partial charge in [-0.25, -0.2) is 0 Å². The first kappa shape index (κ1) is 14.8. The van der Waals surface area contributed by atoms with Crippen LogP contribution in [0.4, 0.5) is 0 Å². The van der Waals surface area contributed by atoms with E-state index in [-0.39, 0.29) is 11.9 Å². The summed E-state index contributed by atoms with van der Waals surface area (Å²) in [7, 11) is 0. The molecule has 0 spiro atoms.